The fraction of sp³-hybridized carbons (Fsp3) is 0.480. The Morgan fingerprint density at radius 1 is 1.14 bits per heavy atom. The van der Waals surface area contributed by atoms with E-state index in [9.17, 15) is 29.1 Å². The predicted octanol–water partition coefficient (Wildman–Crippen LogP) is 0.608. The van der Waals surface area contributed by atoms with Gasteiger partial charge in [-0.3, -0.25) is 19.2 Å². The minimum Gasteiger partial charge on any atom is -0.480 e. The van der Waals surface area contributed by atoms with Gasteiger partial charge in [-0.15, -0.1) is 0 Å². The molecule has 190 valence electrons. The number of carbonyl (C=O) groups is 5. The highest BCUT2D eigenvalue weighted by atomic mass is 16.4. The molecule has 1 unspecified atom stereocenters. The van der Waals surface area contributed by atoms with Crippen LogP contribution in [-0.4, -0.2) is 64.3 Å². The van der Waals surface area contributed by atoms with Crippen molar-refractivity contribution in [3.05, 3.63) is 48.6 Å². The summed E-state index contributed by atoms with van der Waals surface area (Å²) in [6, 6.07) is 5.80. The number of hydrogen-bond acceptors (Lipinski definition) is 5. The second-order valence-electron chi connectivity index (χ2n) is 9.18. The largest absolute Gasteiger partial charge is 0.480 e. The lowest BCUT2D eigenvalue weighted by Crippen LogP contribution is -2.57. The van der Waals surface area contributed by atoms with E-state index in [1.807, 2.05) is 19.9 Å². The van der Waals surface area contributed by atoms with Gasteiger partial charge in [-0.05, 0) is 30.4 Å². The molecule has 1 heterocycles. The van der Waals surface area contributed by atoms with E-state index in [1.165, 1.54) is 4.90 Å². The van der Waals surface area contributed by atoms with Gasteiger partial charge in [0.1, 0.15) is 18.1 Å². The van der Waals surface area contributed by atoms with Crippen LogP contribution in [0.15, 0.2) is 43.0 Å². The molecule has 4 atom stereocenters. The van der Waals surface area contributed by atoms with Gasteiger partial charge in [-0.2, -0.15) is 0 Å². The van der Waals surface area contributed by atoms with Crippen LogP contribution in [0.3, 0.4) is 0 Å². The zero-order valence-electron chi connectivity index (χ0n) is 20.1. The molecule has 5 N–H and O–H groups in total. The smallest absolute Gasteiger partial charge is 0.326 e. The number of carboxylic acids is 1. The van der Waals surface area contributed by atoms with Gasteiger partial charge >= 0.3 is 5.97 Å². The molecule has 2 rings (SSSR count). The minimum absolute atomic E-state index is 0.0728. The molecule has 1 saturated heterocycles. The zero-order chi connectivity index (χ0) is 26.1. The van der Waals surface area contributed by atoms with Gasteiger partial charge in [0.25, 0.3) is 0 Å². The van der Waals surface area contributed by atoms with Gasteiger partial charge in [-0.25, -0.2) is 4.79 Å². The van der Waals surface area contributed by atoms with Crippen molar-refractivity contribution >= 4 is 29.6 Å². The first-order valence-corrected chi connectivity index (χ1v) is 11.6. The van der Waals surface area contributed by atoms with Crippen LogP contribution in [0.25, 0.3) is 0 Å². The van der Waals surface area contributed by atoms with Crippen molar-refractivity contribution in [1.29, 1.82) is 0 Å². The fourth-order valence-corrected chi connectivity index (χ4v) is 4.37. The molecular formula is C25H34N4O6. The molecule has 10 nitrogen and oxygen atoms in total. The maximum absolute atomic E-state index is 13.6. The molecule has 4 amide bonds. The summed E-state index contributed by atoms with van der Waals surface area (Å²) in [6.07, 6.45) is 1.68. The number of aliphatic carboxylic acids is 1. The molecule has 1 aromatic carbocycles. The van der Waals surface area contributed by atoms with E-state index in [0.717, 1.165) is 11.6 Å². The molecule has 10 heteroatoms. The standard InChI is InChI=1S/C25H34N4O6/c1-4-21(31)27-18(12-15(2)3)23(32)28-19(13-16-8-6-5-7-9-16)24(33)29-11-10-17(14-20(26)30)22(29)25(34)35/h4-9,15,17-19,22H,1,10-14H2,2-3H3,(H2,26,30)(H,27,31)(H,28,32)(H,34,35)/t17-,18+,19?,22+/m1/s1. The first-order chi connectivity index (χ1) is 16.5. The van der Waals surface area contributed by atoms with E-state index in [1.54, 1.807) is 24.3 Å². The number of likely N-dealkylation sites (tertiary alicyclic amines) is 1. The maximum atomic E-state index is 13.6. The molecule has 1 aromatic rings. The van der Waals surface area contributed by atoms with Gasteiger partial charge in [0, 0.05) is 25.3 Å². The molecule has 0 aromatic heterocycles. The van der Waals surface area contributed by atoms with E-state index in [2.05, 4.69) is 17.2 Å². The average Bonchev–Trinajstić information content (AvgIpc) is 3.21. The lowest BCUT2D eigenvalue weighted by molar-refractivity contribution is -0.151. The number of primary amides is 1. The topological polar surface area (TPSA) is 159 Å². The molecule has 0 aliphatic carbocycles. The number of benzene rings is 1. The summed E-state index contributed by atoms with van der Waals surface area (Å²) in [4.78, 5) is 63.3. The Kier molecular flexibility index (Phi) is 9.98. The van der Waals surface area contributed by atoms with Gasteiger partial charge in [-0.1, -0.05) is 50.8 Å². The second-order valence-corrected chi connectivity index (χ2v) is 9.18. The monoisotopic (exact) mass is 486 g/mol. The second kappa shape index (κ2) is 12.7. The first kappa shape index (κ1) is 27.6. The van der Waals surface area contributed by atoms with E-state index < -0.39 is 53.6 Å². The van der Waals surface area contributed by atoms with Crippen molar-refractivity contribution in [3.8, 4) is 0 Å². The molecule has 1 fully saturated rings. The molecule has 0 spiro atoms. The average molecular weight is 487 g/mol. The first-order valence-electron chi connectivity index (χ1n) is 11.6. The Labute approximate surface area is 204 Å². The normalized spacial score (nSPS) is 19.0. The number of hydrogen-bond donors (Lipinski definition) is 4. The third-order valence-corrected chi connectivity index (χ3v) is 5.95. The summed E-state index contributed by atoms with van der Waals surface area (Å²) >= 11 is 0. The minimum atomic E-state index is -1.23. The van der Waals surface area contributed by atoms with Crippen LogP contribution in [0.4, 0.5) is 0 Å². The van der Waals surface area contributed by atoms with Gasteiger partial charge in [0.05, 0.1) is 0 Å². The van der Waals surface area contributed by atoms with Crippen LogP contribution >= 0.6 is 0 Å². The molecule has 0 bridgehead atoms. The van der Waals surface area contributed by atoms with Crippen molar-refractivity contribution in [2.75, 3.05) is 6.54 Å². The fourth-order valence-electron chi connectivity index (χ4n) is 4.37. The molecule has 1 aliphatic heterocycles. The Hall–Kier alpha value is -3.69. The summed E-state index contributed by atoms with van der Waals surface area (Å²) in [7, 11) is 0. The summed E-state index contributed by atoms with van der Waals surface area (Å²) in [5.74, 6) is -4.05. The zero-order valence-corrected chi connectivity index (χ0v) is 20.1. The molecule has 1 aliphatic rings. The summed E-state index contributed by atoms with van der Waals surface area (Å²) in [6.45, 7) is 7.32. The van der Waals surface area contributed by atoms with Crippen LogP contribution in [0, 0.1) is 11.8 Å². The molecule has 0 radical (unpaired) electrons. The third kappa shape index (κ3) is 7.94. The Bertz CT molecular complexity index is 949. The summed E-state index contributed by atoms with van der Waals surface area (Å²) < 4.78 is 0. The lowest BCUT2D eigenvalue weighted by Gasteiger charge is -2.30. The Balaban J connectivity index is 2.32. The van der Waals surface area contributed by atoms with E-state index >= 15 is 0 Å². The number of nitrogens with zero attached hydrogens (tertiary/aromatic N) is 1. The lowest BCUT2D eigenvalue weighted by atomic mass is 9.95. The SMILES string of the molecule is C=CC(=O)N[C@@H](CC(C)C)C(=O)NC(Cc1ccccc1)C(=O)N1CC[C@H](CC(N)=O)[C@H]1C(=O)O. The van der Waals surface area contributed by atoms with Gasteiger partial charge in [0.2, 0.25) is 23.6 Å². The van der Waals surface area contributed by atoms with E-state index in [4.69, 9.17) is 5.73 Å². The van der Waals surface area contributed by atoms with Crippen molar-refractivity contribution in [2.24, 2.45) is 17.6 Å². The van der Waals surface area contributed by atoms with Crippen molar-refractivity contribution in [3.63, 3.8) is 0 Å². The van der Waals surface area contributed by atoms with Crippen molar-refractivity contribution < 1.29 is 29.1 Å². The number of rotatable bonds is 12. The van der Waals surface area contributed by atoms with Crippen molar-refractivity contribution in [2.45, 2.75) is 57.7 Å². The summed E-state index contributed by atoms with van der Waals surface area (Å²) in [5, 5.41) is 15.1. The Morgan fingerprint density at radius 2 is 1.80 bits per heavy atom. The van der Waals surface area contributed by atoms with E-state index in [0.29, 0.717) is 12.8 Å². The highest BCUT2D eigenvalue weighted by Gasteiger charge is 2.44. The molecule has 0 saturated carbocycles. The maximum Gasteiger partial charge on any atom is 0.326 e. The number of amides is 4. The molecular weight excluding hydrogens is 452 g/mol. The highest BCUT2D eigenvalue weighted by Crippen LogP contribution is 2.28. The quantitative estimate of drug-likeness (QED) is 0.317. The van der Waals surface area contributed by atoms with Crippen LogP contribution in [0.2, 0.25) is 0 Å². The highest BCUT2D eigenvalue weighted by molar-refractivity contribution is 5.95. The number of carbonyl (C=O) groups excluding carboxylic acids is 4. The van der Waals surface area contributed by atoms with Crippen LogP contribution in [0.5, 0.6) is 0 Å². The van der Waals surface area contributed by atoms with E-state index in [-0.39, 0.29) is 25.3 Å². The Morgan fingerprint density at radius 3 is 2.34 bits per heavy atom. The van der Waals surface area contributed by atoms with Gasteiger partial charge in [0.15, 0.2) is 0 Å². The van der Waals surface area contributed by atoms with Crippen molar-refractivity contribution in [1.82, 2.24) is 15.5 Å². The van der Waals surface area contributed by atoms with Crippen LogP contribution in [0.1, 0.15) is 38.7 Å². The number of nitrogens with two attached hydrogens (primary N) is 1. The molecule has 35 heavy (non-hydrogen) atoms. The third-order valence-electron chi connectivity index (χ3n) is 5.95. The number of carboxylic acid groups (broad SMARTS) is 1. The number of nitrogens with one attached hydrogen (secondary N) is 2. The van der Waals surface area contributed by atoms with Crippen LogP contribution in [-0.2, 0) is 30.4 Å². The summed E-state index contributed by atoms with van der Waals surface area (Å²) in [5.41, 5.74) is 6.04. The van der Waals surface area contributed by atoms with Crippen LogP contribution < -0.4 is 16.4 Å². The predicted molar refractivity (Wildman–Crippen MR) is 129 cm³/mol. The van der Waals surface area contributed by atoms with Gasteiger partial charge < -0.3 is 26.4 Å².